The summed E-state index contributed by atoms with van der Waals surface area (Å²) in [7, 11) is 1.66. The first-order valence-corrected chi connectivity index (χ1v) is 8.04. The summed E-state index contributed by atoms with van der Waals surface area (Å²) in [4.78, 5) is 0. The molecule has 124 valence electrons. The molecule has 2 fully saturated rings. The van der Waals surface area contributed by atoms with Crippen molar-refractivity contribution in [1.29, 1.82) is 0 Å². The molecule has 0 aromatic heterocycles. The molecule has 0 aliphatic carbocycles. The van der Waals surface area contributed by atoms with Crippen molar-refractivity contribution in [1.82, 2.24) is 0 Å². The standard InChI is InChI=1S/C18H22O5/c1-12-8-9-21-18(12)10-15(19-2)22-14-11-20-17(23-16(14)18)13-6-4-3-5-7-13/h3-8,14-17H,9-11H2,1-2H3/t14-,15+,16-,17-,18-/m1/s1. The van der Waals surface area contributed by atoms with Crippen LogP contribution in [0.25, 0.3) is 0 Å². The molecule has 4 rings (SSSR count). The second-order valence-corrected chi connectivity index (χ2v) is 6.26. The molecule has 0 amide bonds. The summed E-state index contributed by atoms with van der Waals surface area (Å²) in [6, 6.07) is 9.98. The van der Waals surface area contributed by atoms with Gasteiger partial charge in [0.2, 0.25) is 0 Å². The summed E-state index contributed by atoms with van der Waals surface area (Å²) >= 11 is 0. The zero-order valence-corrected chi connectivity index (χ0v) is 13.4. The van der Waals surface area contributed by atoms with Crippen molar-refractivity contribution in [2.24, 2.45) is 0 Å². The quantitative estimate of drug-likeness (QED) is 0.784. The van der Waals surface area contributed by atoms with Gasteiger partial charge in [-0.3, -0.25) is 0 Å². The molecule has 0 unspecified atom stereocenters. The van der Waals surface area contributed by atoms with Crippen molar-refractivity contribution in [2.75, 3.05) is 20.3 Å². The largest absolute Gasteiger partial charge is 0.364 e. The van der Waals surface area contributed by atoms with Crippen LogP contribution in [0.1, 0.15) is 25.2 Å². The van der Waals surface area contributed by atoms with E-state index in [1.165, 1.54) is 5.57 Å². The summed E-state index contributed by atoms with van der Waals surface area (Å²) in [5.74, 6) is 0. The molecule has 5 heteroatoms. The predicted octanol–water partition coefficient (Wildman–Crippen LogP) is 2.58. The summed E-state index contributed by atoms with van der Waals surface area (Å²) in [6.45, 7) is 3.16. The van der Waals surface area contributed by atoms with Crippen molar-refractivity contribution in [3.63, 3.8) is 0 Å². The molecule has 3 aliphatic rings. The van der Waals surface area contributed by atoms with E-state index in [1.54, 1.807) is 7.11 Å². The summed E-state index contributed by atoms with van der Waals surface area (Å²) in [5.41, 5.74) is 1.71. The van der Waals surface area contributed by atoms with Crippen LogP contribution in [0.2, 0.25) is 0 Å². The van der Waals surface area contributed by atoms with Crippen molar-refractivity contribution in [2.45, 2.75) is 43.7 Å². The number of benzene rings is 1. The van der Waals surface area contributed by atoms with Crippen LogP contribution in [-0.4, -0.2) is 44.4 Å². The van der Waals surface area contributed by atoms with E-state index in [1.807, 2.05) is 30.3 Å². The molecule has 1 aromatic carbocycles. The number of hydrogen-bond acceptors (Lipinski definition) is 5. The van der Waals surface area contributed by atoms with Gasteiger partial charge in [0.15, 0.2) is 12.6 Å². The van der Waals surface area contributed by atoms with Crippen LogP contribution >= 0.6 is 0 Å². The van der Waals surface area contributed by atoms with E-state index >= 15 is 0 Å². The Bertz CT molecular complexity index is 586. The van der Waals surface area contributed by atoms with Gasteiger partial charge in [-0.2, -0.15) is 0 Å². The molecule has 3 aliphatic heterocycles. The Morgan fingerprint density at radius 3 is 2.70 bits per heavy atom. The topological polar surface area (TPSA) is 46.2 Å². The van der Waals surface area contributed by atoms with E-state index in [-0.39, 0.29) is 18.5 Å². The lowest BCUT2D eigenvalue weighted by Gasteiger charge is -2.51. The van der Waals surface area contributed by atoms with Crippen LogP contribution in [0.4, 0.5) is 0 Å². The fourth-order valence-electron chi connectivity index (χ4n) is 3.71. The first-order valence-electron chi connectivity index (χ1n) is 8.04. The van der Waals surface area contributed by atoms with E-state index in [4.69, 9.17) is 23.7 Å². The molecule has 5 atom stereocenters. The highest BCUT2D eigenvalue weighted by molar-refractivity contribution is 5.26. The van der Waals surface area contributed by atoms with Crippen molar-refractivity contribution in [3.05, 3.63) is 47.5 Å². The zero-order valence-electron chi connectivity index (χ0n) is 13.4. The molecule has 5 nitrogen and oxygen atoms in total. The average molecular weight is 318 g/mol. The van der Waals surface area contributed by atoms with Crippen LogP contribution < -0.4 is 0 Å². The van der Waals surface area contributed by atoms with E-state index in [9.17, 15) is 0 Å². The molecule has 0 bridgehead atoms. The van der Waals surface area contributed by atoms with E-state index in [2.05, 4.69) is 13.0 Å². The maximum absolute atomic E-state index is 6.31. The maximum Gasteiger partial charge on any atom is 0.184 e. The van der Waals surface area contributed by atoms with Gasteiger partial charge in [-0.05, 0) is 12.5 Å². The van der Waals surface area contributed by atoms with Crippen molar-refractivity contribution in [3.8, 4) is 0 Å². The lowest BCUT2D eigenvalue weighted by Crippen LogP contribution is -2.62. The third-order valence-corrected chi connectivity index (χ3v) is 5.01. The number of hydrogen-bond donors (Lipinski definition) is 0. The Morgan fingerprint density at radius 2 is 2.00 bits per heavy atom. The molecule has 1 aromatic rings. The smallest absolute Gasteiger partial charge is 0.184 e. The molecule has 3 heterocycles. The van der Waals surface area contributed by atoms with Crippen LogP contribution in [0.5, 0.6) is 0 Å². The van der Waals surface area contributed by atoms with Gasteiger partial charge in [0.25, 0.3) is 0 Å². The molecule has 2 saturated heterocycles. The minimum Gasteiger partial charge on any atom is -0.364 e. The van der Waals surface area contributed by atoms with Gasteiger partial charge >= 0.3 is 0 Å². The Morgan fingerprint density at radius 1 is 1.17 bits per heavy atom. The molecule has 0 N–H and O–H groups in total. The fourth-order valence-corrected chi connectivity index (χ4v) is 3.71. The highest BCUT2D eigenvalue weighted by Crippen LogP contribution is 2.46. The lowest BCUT2D eigenvalue weighted by atomic mass is 9.81. The molecule has 0 radical (unpaired) electrons. The Kier molecular flexibility index (Phi) is 3.99. The van der Waals surface area contributed by atoms with E-state index in [0.717, 1.165) is 5.56 Å². The number of ether oxygens (including phenoxy) is 5. The molecular weight excluding hydrogens is 296 g/mol. The predicted molar refractivity (Wildman–Crippen MR) is 82.7 cm³/mol. The molecular formula is C18H22O5. The molecule has 0 saturated carbocycles. The molecule has 23 heavy (non-hydrogen) atoms. The minimum absolute atomic E-state index is 0.199. The van der Waals surface area contributed by atoms with Gasteiger partial charge in [0, 0.05) is 19.1 Å². The van der Waals surface area contributed by atoms with Gasteiger partial charge in [0.1, 0.15) is 17.8 Å². The second-order valence-electron chi connectivity index (χ2n) is 6.26. The van der Waals surface area contributed by atoms with Gasteiger partial charge in [-0.25, -0.2) is 0 Å². The number of rotatable bonds is 2. The SMILES string of the molecule is CO[C@@H]1C[C@]2(OCC=C2C)[C@@H]2O[C@H](c3ccccc3)OC[C@H]2O1. The normalized spacial score (nSPS) is 40.0. The molecule has 1 spiro atoms. The van der Waals surface area contributed by atoms with Crippen LogP contribution in [-0.2, 0) is 23.7 Å². The fraction of sp³-hybridized carbons (Fsp3) is 0.556. The highest BCUT2D eigenvalue weighted by Gasteiger charge is 2.56. The zero-order chi connectivity index (χ0) is 15.9. The lowest BCUT2D eigenvalue weighted by molar-refractivity contribution is -0.352. The van der Waals surface area contributed by atoms with Crippen LogP contribution in [0.15, 0.2) is 42.0 Å². The first-order chi connectivity index (χ1) is 11.2. The number of methoxy groups -OCH3 is 1. The van der Waals surface area contributed by atoms with Gasteiger partial charge in [0.05, 0.1) is 13.2 Å². The summed E-state index contributed by atoms with van der Waals surface area (Å²) in [6.07, 6.45) is 1.65. The third kappa shape index (κ3) is 2.53. The third-order valence-electron chi connectivity index (χ3n) is 5.01. The first kappa shape index (κ1) is 15.3. The Labute approximate surface area is 136 Å². The second kappa shape index (κ2) is 6.00. The Balaban J connectivity index is 1.63. The van der Waals surface area contributed by atoms with E-state index in [0.29, 0.717) is 19.6 Å². The van der Waals surface area contributed by atoms with Crippen molar-refractivity contribution >= 4 is 0 Å². The summed E-state index contributed by atoms with van der Waals surface area (Å²) < 4.78 is 29.8. The monoisotopic (exact) mass is 318 g/mol. The number of fused-ring (bicyclic) bond motifs is 2. The minimum atomic E-state index is -0.486. The van der Waals surface area contributed by atoms with Gasteiger partial charge in [-0.15, -0.1) is 0 Å². The Hall–Kier alpha value is -1.24. The van der Waals surface area contributed by atoms with Gasteiger partial charge < -0.3 is 23.7 Å². The highest BCUT2D eigenvalue weighted by atomic mass is 16.7. The average Bonchev–Trinajstić information content (AvgIpc) is 2.96. The maximum atomic E-state index is 6.31. The van der Waals surface area contributed by atoms with Crippen molar-refractivity contribution < 1.29 is 23.7 Å². The summed E-state index contributed by atoms with van der Waals surface area (Å²) in [5, 5.41) is 0. The van der Waals surface area contributed by atoms with Crippen LogP contribution in [0.3, 0.4) is 0 Å². The van der Waals surface area contributed by atoms with Crippen LogP contribution in [0, 0.1) is 0 Å². The van der Waals surface area contributed by atoms with E-state index < -0.39 is 11.9 Å². The van der Waals surface area contributed by atoms with Gasteiger partial charge in [-0.1, -0.05) is 36.4 Å².